The van der Waals surface area contributed by atoms with E-state index in [4.69, 9.17) is 18.0 Å². The van der Waals surface area contributed by atoms with Gasteiger partial charge in [-0.25, -0.2) is 4.79 Å². The molecule has 19 heavy (non-hydrogen) atoms. The molecule has 0 aliphatic heterocycles. The molecular weight excluding hydrogens is 264 g/mol. The Hall–Kier alpha value is -1.99. The summed E-state index contributed by atoms with van der Waals surface area (Å²) >= 11 is 5.97. The predicted molar refractivity (Wildman–Crippen MR) is 74.6 cm³/mol. The van der Waals surface area contributed by atoms with E-state index >= 15 is 0 Å². The molecular formula is C14H15ClN2O2. The Morgan fingerprint density at radius 1 is 1.32 bits per heavy atom. The number of carbonyl (C=O) groups is 2. The van der Waals surface area contributed by atoms with Crippen LogP contribution in [-0.2, 0) is 4.79 Å². The molecule has 0 radical (unpaired) electrons. The molecule has 0 heterocycles. The molecule has 1 rings (SSSR count). The molecule has 4 nitrogen and oxygen atoms in total. The average molecular weight is 279 g/mol. The molecule has 0 fully saturated rings. The fraction of sp³-hybridized carbons (Fsp3) is 0.286. The van der Waals surface area contributed by atoms with Crippen molar-refractivity contribution in [1.82, 2.24) is 10.6 Å². The Labute approximate surface area is 117 Å². The molecule has 1 aromatic carbocycles. The zero-order chi connectivity index (χ0) is 14.5. The zero-order valence-electron chi connectivity index (χ0n) is 10.7. The smallest absolute Gasteiger partial charge is 0.322 e. The molecule has 1 aromatic rings. The van der Waals surface area contributed by atoms with Gasteiger partial charge in [0.1, 0.15) is 5.38 Å². The third-order valence-corrected chi connectivity index (χ3v) is 2.80. The number of nitrogens with one attached hydrogen (secondary N) is 2. The fourth-order valence-electron chi connectivity index (χ4n) is 1.30. The highest BCUT2D eigenvalue weighted by atomic mass is 35.5. The van der Waals surface area contributed by atoms with Gasteiger partial charge >= 0.3 is 6.03 Å². The lowest BCUT2D eigenvalue weighted by molar-refractivity contribution is -0.119. The Kier molecular flexibility index (Phi) is 4.96. The number of benzene rings is 1. The van der Waals surface area contributed by atoms with Gasteiger partial charge < -0.3 is 5.32 Å². The Morgan fingerprint density at radius 3 is 2.42 bits per heavy atom. The maximum absolute atomic E-state index is 11.8. The van der Waals surface area contributed by atoms with Crippen LogP contribution in [0.3, 0.4) is 0 Å². The summed E-state index contributed by atoms with van der Waals surface area (Å²) < 4.78 is 0. The van der Waals surface area contributed by atoms with Crippen LogP contribution < -0.4 is 10.6 Å². The second kappa shape index (κ2) is 6.26. The van der Waals surface area contributed by atoms with Crippen molar-refractivity contribution in [3.8, 4) is 12.3 Å². The Balaban J connectivity index is 2.61. The number of alkyl halides is 1. The molecule has 0 saturated carbocycles. The van der Waals surface area contributed by atoms with E-state index in [9.17, 15) is 9.59 Å². The molecule has 0 aromatic heterocycles. The number of hydrogen-bond acceptors (Lipinski definition) is 2. The van der Waals surface area contributed by atoms with Crippen LogP contribution in [0.2, 0.25) is 0 Å². The minimum Gasteiger partial charge on any atom is -0.322 e. The van der Waals surface area contributed by atoms with Gasteiger partial charge in [-0.3, -0.25) is 10.1 Å². The van der Waals surface area contributed by atoms with Gasteiger partial charge in [-0.05, 0) is 19.4 Å². The summed E-state index contributed by atoms with van der Waals surface area (Å²) in [4.78, 5) is 23.3. The Morgan fingerprint density at radius 2 is 1.89 bits per heavy atom. The predicted octanol–water partition coefficient (Wildman–Crippen LogP) is 2.20. The third-order valence-electron chi connectivity index (χ3n) is 2.35. The highest BCUT2D eigenvalue weighted by molar-refractivity contribution is 6.31. The molecule has 0 bridgehead atoms. The van der Waals surface area contributed by atoms with Crippen LogP contribution in [0.1, 0.15) is 24.8 Å². The number of hydrogen-bond donors (Lipinski definition) is 2. The van der Waals surface area contributed by atoms with Gasteiger partial charge in [-0.2, -0.15) is 0 Å². The first kappa shape index (κ1) is 15.1. The normalized spacial score (nSPS) is 12.1. The van der Waals surface area contributed by atoms with Gasteiger partial charge in [0.2, 0.25) is 0 Å². The second-order valence-corrected chi connectivity index (χ2v) is 4.92. The first-order valence-electron chi connectivity index (χ1n) is 5.65. The molecule has 2 N–H and O–H groups in total. The minimum absolute atomic E-state index is 0.599. The Bertz CT molecular complexity index is 506. The second-order valence-electron chi connectivity index (χ2n) is 4.49. The first-order valence-corrected chi connectivity index (χ1v) is 6.09. The van der Waals surface area contributed by atoms with Gasteiger partial charge in [0.15, 0.2) is 0 Å². The summed E-state index contributed by atoms with van der Waals surface area (Å²) in [7, 11) is 0. The summed E-state index contributed by atoms with van der Waals surface area (Å²) in [6.07, 6.45) is 5.23. The van der Waals surface area contributed by atoms with Gasteiger partial charge in [0.25, 0.3) is 5.91 Å². The van der Waals surface area contributed by atoms with Crippen LogP contribution in [-0.4, -0.2) is 17.5 Å². The maximum atomic E-state index is 11.8. The number of urea groups is 1. The van der Waals surface area contributed by atoms with E-state index in [1.54, 1.807) is 38.1 Å². The van der Waals surface area contributed by atoms with Crippen molar-refractivity contribution in [2.45, 2.75) is 24.8 Å². The van der Waals surface area contributed by atoms with Gasteiger partial charge in [0, 0.05) is 0 Å². The molecule has 100 valence electrons. The molecule has 1 atom stereocenters. The quantitative estimate of drug-likeness (QED) is 0.658. The SMILES string of the molecule is C#CC(C)(C)NC(=O)NC(=O)[C@H](Cl)c1ccccc1. The lowest BCUT2D eigenvalue weighted by Gasteiger charge is -2.20. The van der Waals surface area contributed by atoms with E-state index in [0.29, 0.717) is 5.56 Å². The van der Waals surface area contributed by atoms with Gasteiger partial charge in [-0.15, -0.1) is 18.0 Å². The van der Waals surface area contributed by atoms with Gasteiger partial charge in [-0.1, -0.05) is 36.3 Å². The summed E-state index contributed by atoms with van der Waals surface area (Å²) in [5.41, 5.74) is -0.218. The average Bonchev–Trinajstić information content (AvgIpc) is 2.38. The number of imide groups is 1. The topological polar surface area (TPSA) is 58.2 Å². The zero-order valence-corrected chi connectivity index (χ0v) is 11.5. The van der Waals surface area contributed by atoms with Crippen LogP contribution in [0, 0.1) is 12.3 Å². The van der Waals surface area contributed by atoms with Crippen molar-refractivity contribution >= 4 is 23.5 Å². The summed E-state index contributed by atoms with van der Waals surface area (Å²) in [5, 5.41) is 3.70. The van der Waals surface area contributed by atoms with Crippen molar-refractivity contribution in [2.75, 3.05) is 0 Å². The van der Waals surface area contributed by atoms with E-state index in [0.717, 1.165) is 0 Å². The highest BCUT2D eigenvalue weighted by Gasteiger charge is 2.22. The van der Waals surface area contributed by atoms with Crippen LogP contribution in [0.4, 0.5) is 4.79 Å². The molecule has 0 saturated heterocycles. The summed E-state index contributed by atoms with van der Waals surface area (Å²) in [5.74, 6) is 1.79. The molecule has 3 amide bonds. The van der Waals surface area contributed by atoms with E-state index in [1.165, 1.54) is 0 Å². The molecule has 5 heteroatoms. The fourth-order valence-corrected chi connectivity index (χ4v) is 1.50. The van der Waals surface area contributed by atoms with Crippen molar-refractivity contribution in [3.63, 3.8) is 0 Å². The van der Waals surface area contributed by atoms with Crippen molar-refractivity contribution in [1.29, 1.82) is 0 Å². The molecule has 0 aliphatic rings. The number of halogens is 1. The lowest BCUT2D eigenvalue weighted by atomic mass is 10.1. The monoisotopic (exact) mass is 278 g/mol. The number of terminal acetylenes is 1. The largest absolute Gasteiger partial charge is 0.322 e. The van der Waals surface area contributed by atoms with E-state index in [2.05, 4.69) is 16.6 Å². The third kappa shape index (κ3) is 4.65. The molecule has 0 aliphatic carbocycles. The van der Waals surface area contributed by atoms with Gasteiger partial charge in [0.05, 0.1) is 5.54 Å². The van der Waals surface area contributed by atoms with Crippen LogP contribution in [0.15, 0.2) is 30.3 Å². The van der Waals surface area contributed by atoms with Crippen LogP contribution in [0.25, 0.3) is 0 Å². The van der Waals surface area contributed by atoms with Crippen molar-refractivity contribution in [3.05, 3.63) is 35.9 Å². The van der Waals surface area contributed by atoms with E-state index < -0.39 is 22.9 Å². The van der Waals surface area contributed by atoms with E-state index in [-0.39, 0.29) is 0 Å². The molecule has 0 unspecified atom stereocenters. The number of amides is 3. The van der Waals surface area contributed by atoms with Crippen LogP contribution in [0.5, 0.6) is 0 Å². The standard InChI is InChI=1S/C14H15ClN2O2/c1-4-14(2,3)17-13(19)16-12(18)11(15)10-8-6-5-7-9-10/h1,5-9,11H,2-3H3,(H2,16,17,18,19)/t11-/m1/s1. The summed E-state index contributed by atoms with van der Waals surface area (Å²) in [6, 6.07) is 8.09. The van der Waals surface area contributed by atoms with Crippen molar-refractivity contribution in [2.24, 2.45) is 0 Å². The van der Waals surface area contributed by atoms with E-state index in [1.807, 2.05) is 6.07 Å². The van der Waals surface area contributed by atoms with Crippen molar-refractivity contribution < 1.29 is 9.59 Å². The highest BCUT2D eigenvalue weighted by Crippen LogP contribution is 2.19. The number of carbonyl (C=O) groups excluding carboxylic acids is 2. The number of rotatable bonds is 3. The minimum atomic E-state index is -0.930. The first-order chi connectivity index (χ1) is 8.85. The molecule has 0 spiro atoms. The maximum Gasteiger partial charge on any atom is 0.322 e. The van der Waals surface area contributed by atoms with Crippen LogP contribution >= 0.6 is 11.6 Å². The summed E-state index contributed by atoms with van der Waals surface area (Å²) in [6.45, 7) is 3.29. The lowest BCUT2D eigenvalue weighted by Crippen LogP contribution is -2.49.